The molecule has 1 heterocycles. The Hall–Kier alpha value is -1.14. The van der Waals surface area contributed by atoms with Crippen molar-refractivity contribution in [2.45, 2.75) is 36.7 Å². The molecule has 0 bridgehead atoms. The Bertz CT molecular complexity index is 512. The highest BCUT2D eigenvalue weighted by molar-refractivity contribution is 7.99. The van der Waals surface area contributed by atoms with Gasteiger partial charge in [0.2, 0.25) is 5.91 Å². The zero-order valence-corrected chi connectivity index (χ0v) is 12.8. The number of thioether (sulfide) groups is 1. The molecular formula is C15H19F2NO2S. The summed E-state index contributed by atoms with van der Waals surface area (Å²) in [6.45, 7) is 2.93. The molecule has 0 radical (unpaired) electrons. The smallest absolute Gasteiger partial charge is 0.223 e. The molecule has 1 saturated heterocycles. The van der Waals surface area contributed by atoms with E-state index in [4.69, 9.17) is 0 Å². The molecule has 1 fully saturated rings. The average Bonchev–Trinajstić information content (AvgIpc) is 2.42. The summed E-state index contributed by atoms with van der Waals surface area (Å²) in [5.41, 5.74) is -0.669. The van der Waals surface area contributed by atoms with Crippen LogP contribution in [0.25, 0.3) is 0 Å². The van der Waals surface area contributed by atoms with E-state index in [1.807, 2.05) is 0 Å². The van der Waals surface area contributed by atoms with Crippen LogP contribution < -0.4 is 0 Å². The number of halogens is 2. The van der Waals surface area contributed by atoms with E-state index in [0.29, 0.717) is 43.0 Å². The molecule has 2 rings (SSSR count). The zero-order valence-electron chi connectivity index (χ0n) is 11.9. The minimum absolute atomic E-state index is 0.0422. The fraction of sp³-hybridized carbons (Fsp3) is 0.533. The maximum Gasteiger partial charge on any atom is 0.223 e. The van der Waals surface area contributed by atoms with E-state index in [9.17, 15) is 18.7 Å². The Morgan fingerprint density at radius 3 is 2.62 bits per heavy atom. The summed E-state index contributed by atoms with van der Waals surface area (Å²) in [5.74, 6) is -1.17. The average molecular weight is 315 g/mol. The summed E-state index contributed by atoms with van der Waals surface area (Å²) in [6, 6.07) is 3.74. The van der Waals surface area contributed by atoms with Gasteiger partial charge in [-0.1, -0.05) is 0 Å². The van der Waals surface area contributed by atoms with E-state index in [1.165, 1.54) is 17.8 Å². The number of piperidine rings is 1. The molecule has 0 atom stereocenters. The topological polar surface area (TPSA) is 40.5 Å². The molecule has 1 N–H and O–H groups in total. The molecule has 0 unspecified atom stereocenters. The van der Waals surface area contributed by atoms with Crippen LogP contribution in [0.4, 0.5) is 8.78 Å². The summed E-state index contributed by atoms with van der Waals surface area (Å²) in [7, 11) is 0. The van der Waals surface area contributed by atoms with Crippen molar-refractivity contribution >= 4 is 17.7 Å². The molecule has 0 aromatic heterocycles. The van der Waals surface area contributed by atoms with E-state index in [0.717, 1.165) is 12.1 Å². The third-order valence-electron chi connectivity index (χ3n) is 3.67. The Labute approximate surface area is 127 Å². The lowest BCUT2D eigenvalue weighted by atomic mass is 9.94. The molecule has 6 heteroatoms. The van der Waals surface area contributed by atoms with Crippen LogP contribution in [0, 0.1) is 11.6 Å². The van der Waals surface area contributed by atoms with Gasteiger partial charge in [0.25, 0.3) is 0 Å². The summed E-state index contributed by atoms with van der Waals surface area (Å²) in [4.78, 5) is 14.4. The second kappa shape index (κ2) is 6.75. The number of aliphatic hydroxyl groups is 1. The van der Waals surface area contributed by atoms with Gasteiger partial charge < -0.3 is 10.0 Å². The number of likely N-dealkylation sites (tertiary alicyclic amines) is 1. The second-order valence-corrected chi connectivity index (χ2v) is 6.72. The fourth-order valence-corrected chi connectivity index (χ4v) is 3.08. The number of hydrogen-bond acceptors (Lipinski definition) is 3. The van der Waals surface area contributed by atoms with E-state index < -0.39 is 17.2 Å². The molecule has 1 aliphatic heterocycles. The summed E-state index contributed by atoms with van der Waals surface area (Å²) in [6.07, 6.45) is 1.54. The molecule has 3 nitrogen and oxygen atoms in total. The van der Waals surface area contributed by atoms with Crippen LogP contribution in [0.15, 0.2) is 23.1 Å². The van der Waals surface area contributed by atoms with Gasteiger partial charge >= 0.3 is 0 Å². The van der Waals surface area contributed by atoms with Gasteiger partial charge in [-0.25, -0.2) is 8.78 Å². The number of hydrogen-bond donors (Lipinski definition) is 1. The van der Waals surface area contributed by atoms with Crippen molar-refractivity contribution in [3.05, 3.63) is 29.8 Å². The van der Waals surface area contributed by atoms with Crippen molar-refractivity contribution in [2.75, 3.05) is 18.8 Å². The van der Waals surface area contributed by atoms with Gasteiger partial charge in [-0.3, -0.25) is 4.79 Å². The van der Waals surface area contributed by atoms with Crippen LogP contribution >= 0.6 is 11.8 Å². The van der Waals surface area contributed by atoms with Crippen molar-refractivity contribution in [3.63, 3.8) is 0 Å². The molecule has 0 aliphatic carbocycles. The standard InChI is InChI=1S/C15H19F2NO2S/c1-15(20)5-7-18(8-6-15)14(19)4-9-21-11-2-3-12(16)13(17)10-11/h2-3,10,20H,4-9H2,1H3. The van der Waals surface area contributed by atoms with Crippen LogP contribution in [-0.2, 0) is 4.79 Å². The summed E-state index contributed by atoms with van der Waals surface area (Å²) < 4.78 is 25.8. The highest BCUT2D eigenvalue weighted by Gasteiger charge is 2.29. The van der Waals surface area contributed by atoms with Gasteiger partial charge in [-0.2, -0.15) is 0 Å². The molecule has 1 aromatic rings. The lowest BCUT2D eigenvalue weighted by Gasteiger charge is -2.35. The first-order valence-electron chi connectivity index (χ1n) is 6.95. The van der Waals surface area contributed by atoms with Crippen LogP contribution in [0.5, 0.6) is 0 Å². The third kappa shape index (κ3) is 4.68. The zero-order chi connectivity index (χ0) is 15.5. The molecule has 21 heavy (non-hydrogen) atoms. The largest absolute Gasteiger partial charge is 0.390 e. The van der Waals surface area contributed by atoms with E-state index >= 15 is 0 Å². The van der Waals surface area contributed by atoms with Crippen molar-refractivity contribution in [1.82, 2.24) is 4.90 Å². The Balaban J connectivity index is 1.75. The predicted molar refractivity (Wildman–Crippen MR) is 78.1 cm³/mol. The first-order chi connectivity index (χ1) is 9.87. The van der Waals surface area contributed by atoms with Crippen molar-refractivity contribution in [3.8, 4) is 0 Å². The molecule has 116 valence electrons. The molecule has 1 aliphatic rings. The SMILES string of the molecule is CC1(O)CCN(C(=O)CCSc2ccc(F)c(F)c2)CC1. The van der Waals surface area contributed by atoms with Gasteiger partial charge in [-0.15, -0.1) is 11.8 Å². The number of carbonyl (C=O) groups is 1. The Kier molecular flexibility index (Phi) is 5.22. The van der Waals surface area contributed by atoms with Gasteiger partial charge in [-0.05, 0) is 38.0 Å². The quantitative estimate of drug-likeness (QED) is 0.869. The molecule has 0 saturated carbocycles. The second-order valence-electron chi connectivity index (χ2n) is 5.55. The predicted octanol–water partition coefficient (Wildman–Crippen LogP) is 2.82. The van der Waals surface area contributed by atoms with Crippen LogP contribution in [0.3, 0.4) is 0 Å². The Morgan fingerprint density at radius 2 is 2.00 bits per heavy atom. The fourth-order valence-electron chi connectivity index (χ4n) is 2.22. The first-order valence-corrected chi connectivity index (χ1v) is 7.94. The van der Waals surface area contributed by atoms with Crippen molar-refractivity contribution in [2.24, 2.45) is 0 Å². The normalized spacial score (nSPS) is 17.8. The molecule has 1 amide bonds. The van der Waals surface area contributed by atoms with Gasteiger partial charge in [0.05, 0.1) is 5.60 Å². The van der Waals surface area contributed by atoms with Crippen LogP contribution in [0.2, 0.25) is 0 Å². The highest BCUT2D eigenvalue weighted by atomic mass is 32.2. The monoisotopic (exact) mass is 315 g/mol. The number of benzene rings is 1. The van der Waals surface area contributed by atoms with Crippen LogP contribution in [0.1, 0.15) is 26.2 Å². The number of carbonyl (C=O) groups excluding carboxylic acids is 1. The minimum atomic E-state index is -0.871. The Morgan fingerprint density at radius 1 is 1.33 bits per heavy atom. The lowest BCUT2D eigenvalue weighted by molar-refractivity contribution is -0.134. The number of nitrogens with zero attached hydrogens (tertiary/aromatic N) is 1. The maximum absolute atomic E-state index is 13.0. The van der Waals surface area contributed by atoms with Gasteiger partial charge in [0.15, 0.2) is 11.6 Å². The molecule has 0 spiro atoms. The highest BCUT2D eigenvalue weighted by Crippen LogP contribution is 2.24. The first kappa shape index (κ1) is 16.2. The van der Waals surface area contributed by atoms with Crippen molar-refractivity contribution in [1.29, 1.82) is 0 Å². The van der Waals surface area contributed by atoms with Crippen molar-refractivity contribution < 1.29 is 18.7 Å². The number of rotatable bonds is 4. The lowest BCUT2D eigenvalue weighted by Crippen LogP contribution is -2.45. The van der Waals surface area contributed by atoms with Gasteiger partial charge in [0, 0.05) is 30.2 Å². The number of amides is 1. The van der Waals surface area contributed by atoms with E-state index in [-0.39, 0.29) is 5.91 Å². The maximum atomic E-state index is 13.0. The minimum Gasteiger partial charge on any atom is -0.390 e. The van der Waals surface area contributed by atoms with Gasteiger partial charge in [0.1, 0.15) is 0 Å². The molecule has 1 aromatic carbocycles. The van der Waals surface area contributed by atoms with E-state index in [1.54, 1.807) is 11.8 Å². The third-order valence-corrected chi connectivity index (χ3v) is 4.66. The van der Waals surface area contributed by atoms with Crippen LogP contribution in [-0.4, -0.2) is 40.4 Å². The molecular weight excluding hydrogens is 296 g/mol. The van der Waals surface area contributed by atoms with E-state index in [2.05, 4.69) is 0 Å². The summed E-state index contributed by atoms with van der Waals surface area (Å²) in [5, 5.41) is 9.84. The summed E-state index contributed by atoms with van der Waals surface area (Å²) >= 11 is 1.33.